The van der Waals surface area contributed by atoms with E-state index in [0.29, 0.717) is 19.4 Å². The minimum Gasteiger partial charge on any atom is -0.349 e. The van der Waals surface area contributed by atoms with Gasteiger partial charge in [0.05, 0.1) is 6.04 Å². The molecule has 0 saturated heterocycles. The van der Waals surface area contributed by atoms with Gasteiger partial charge in [-0.2, -0.15) is 0 Å². The van der Waals surface area contributed by atoms with Crippen LogP contribution in [0.5, 0.6) is 0 Å². The van der Waals surface area contributed by atoms with Crippen molar-refractivity contribution < 1.29 is 9.59 Å². The molecule has 2 N–H and O–H groups in total. The van der Waals surface area contributed by atoms with Gasteiger partial charge >= 0.3 is 0 Å². The number of nitrogens with zero attached hydrogens (tertiary/aromatic N) is 1. The normalized spacial score (nSPS) is 13.4. The monoisotopic (exact) mass is 305 g/mol. The number of aromatic nitrogens is 1. The topological polar surface area (TPSA) is 71.1 Å². The van der Waals surface area contributed by atoms with Crippen LogP contribution in [0, 0.1) is 0 Å². The molecule has 5 heteroatoms. The van der Waals surface area contributed by atoms with Crippen LogP contribution >= 0.6 is 0 Å². The smallest absolute Gasteiger partial charge is 0.289 e. The van der Waals surface area contributed by atoms with Crippen LogP contribution in [0.2, 0.25) is 0 Å². The third-order valence-corrected chi connectivity index (χ3v) is 3.64. The van der Waals surface area contributed by atoms with E-state index >= 15 is 0 Å². The summed E-state index contributed by atoms with van der Waals surface area (Å²) >= 11 is 0. The van der Waals surface area contributed by atoms with Crippen molar-refractivity contribution in [2.75, 3.05) is 6.54 Å². The lowest BCUT2D eigenvalue weighted by molar-refractivity contribution is -0.139. The fourth-order valence-corrected chi connectivity index (χ4v) is 2.15. The van der Waals surface area contributed by atoms with Crippen LogP contribution in [-0.4, -0.2) is 35.3 Å². The molecule has 5 nitrogen and oxygen atoms in total. The van der Waals surface area contributed by atoms with E-state index in [2.05, 4.69) is 22.5 Å². The first-order valence-corrected chi connectivity index (χ1v) is 8.05. The van der Waals surface area contributed by atoms with E-state index in [9.17, 15) is 9.59 Å². The van der Waals surface area contributed by atoms with E-state index in [1.807, 2.05) is 26.0 Å². The quantitative estimate of drug-likeness (QED) is 0.647. The van der Waals surface area contributed by atoms with E-state index in [1.165, 1.54) is 0 Å². The minimum absolute atomic E-state index is 0.226. The lowest BCUT2D eigenvalue weighted by atomic mass is 10.0. The van der Waals surface area contributed by atoms with Gasteiger partial charge in [-0.3, -0.25) is 14.6 Å². The summed E-state index contributed by atoms with van der Waals surface area (Å²) in [7, 11) is 0. The zero-order chi connectivity index (χ0) is 16.4. The predicted molar refractivity (Wildman–Crippen MR) is 87.5 cm³/mol. The second kappa shape index (κ2) is 10.1. The van der Waals surface area contributed by atoms with Gasteiger partial charge in [-0.15, -0.1) is 0 Å². The van der Waals surface area contributed by atoms with Gasteiger partial charge in [0.1, 0.15) is 0 Å². The molecule has 0 aromatic carbocycles. The number of carbonyl (C=O) groups excluding carboxylic acids is 2. The van der Waals surface area contributed by atoms with Crippen molar-refractivity contribution in [1.82, 2.24) is 15.6 Å². The van der Waals surface area contributed by atoms with Crippen LogP contribution in [0.3, 0.4) is 0 Å². The maximum absolute atomic E-state index is 12.2. The first kappa shape index (κ1) is 18.3. The number of hydrogen-bond donors (Lipinski definition) is 2. The molecule has 0 spiro atoms. The van der Waals surface area contributed by atoms with E-state index < -0.39 is 11.9 Å². The van der Waals surface area contributed by atoms with E-state index in [4.69, 9.17) is 0 Å². The number of pyridine rings is 1. The maximum atomic E-state index is 12.2. The second-order valence-electron chi connectivity index (χ2n) is 5.55. The Balaban J connectivity index is 2.45. The van der Waals surface area contributed by atoms with Crippen LogP contribution in [0.4, 0.5) is 0 Å². The predicted octanol–water partition coefficient (Wildman–Crippen LogP) is 1.87. The van der Waals surface area contributed by atoms with Crippen LogP contribution in [-0.2, 0) is 16.0 Å². The Bertz CT molecular complexity index is 462. The molecule has 1 amide bonds. The van der Waals surface area contributed by atoms with Crippen LogP contribution in [0.25, 0.3) is 0 Å². The van der Waals surface area contributed by atoms with Crippen molar-refractivity contribution >= 4 is 11.7 Å². The van der Waals surface area contributed by atoms with Gasteiger partial charge < -0.3 is 10.6 Å². The fourth-order valence-electron chi connectivity index (χ4n) is 2.15. The Morgan fingerprint density at radius 1 is 1.32 bits per heavy atom. The number of rotatable bonds is 10. The molecule has 0 bridgehead atoms. The van der Waals surface area contributed by atoms with Gasteiger partial charge in [-0.05, 0) is 37.8 Å². The Morgan fingerprint density at radius 3 is 2.68 bits per heavy atom. The Hall–Kier alpha value is -1.75. The average Bonchev–Trinajstić information content (AvgIpc) is 2.54. The summed E-state index contributed by atoms with van der Waals surface area (Å²) in [6.07, 6.45) is 6.61. The summed E-state index contributed by atoms with van der Waals surface area (Å²) in [6.45, 7) is 6.53. The number of nitrogens with one attached hydrogen (secondary N) is 2. The van der Waals surface area contributed by atoms with Gasteiger partial charge in [0.15, 0.2) is 0 Å². The lowest BCUT2D eigenvalue weighted by Crippen LogP contribution is -2.48. The molecular weight excluding hydrogens is 278 g/mol. The number of amides is 1. The first-order chi connectivity index (χ1) is 10.6. The molecule has 0 radical (unpaired) electrons. The SMILES string of the molecule is CCCC(NC(C)CC)C(=O)C(=O)NCCc1cccnc1. The highest BCUT2D eigenvalue weighted by molar-refractivity contribution is 6.38. The standard InChI is InChI=1S/C17H27N3O2/c1-4-7-15(20-13(3)5-2)16(21)17(22)19-11-9-14-8-6-10-18-12-14/h6,8,10,12-13,15,20H,4-5,7,9,11H2,1-3H3,(H,19,22). The maximum Gasteiger partial charge on any atom is 0.289 e. The van der Waals surface area contributed by atoms with Crippen molar-refractivity contribution in [2.24, 2.45) is 0 Å². The van der Waals surface area contributed by atoms with Gasteiger partial charge in [-0.1, -0.05) is 26.3 Å². The molecule has 1 aromatic rings. The molecule has 0 aliphatic carbocycles. The molecule has 2 unspecified atom stereocenters. The van der Waals surface area contributed by atoms with Crippen molar-refractivity contribution in [2.45, 2.75) is 58.5 Å². The molecule has 1 aromatic heterocycles. The zero-order valence-corrected chi connectivity index (χ0v) is 13.8. The molecule has 0 aliphatic heterocycles. The van der Waals surface area contributed by atoms with E-state index in [0.717, 1.165) is 18.4 Å². The Morgan fingerprint density at radius 2 is 2.09 bits per heavy atom. The number of Topliss-reactive ketones (excluding diaryl/α,β-unsaturated/α-hetero) is 1. The third-order valence-electron chi connectivity index (χ3n) is 3.64. The molecule has 0 aliphatic rings. The van der Waals surface area contributed by atoms with Crippen molar-refractivity contribution in [1.29, 1.82) is 0 Å². The van der Waals surface area contributed by atoms with Crippen molar-refractivity contribution in [3.05, 3.63) is 30.1 Å². The Kier molecular flexibility index (Phi) is 8.36. The summed E-state index contributed by atoms with van der Waals surface area (Å²) in [4.78, 5) is 28.3. The van der Waals surface area contributed by atoms with Crippen LogP contribution in [0.1, 0.15) is 45.6 Å². The molecule has 0 fully saturated rings. The highest BCUT2D eigenvalue weighted by atomic mass is 16.2. The average molecular weight is 305 g/mol. The van der Waals surface area contributed by atoms with Crippen molar-refractivity contribution in [3.8, 4) is 0 Å². The van der Waals surface area contributed by atoms with Gasteiger partial charge in [-0.25, -0.2) is 0 Å². The lowest BCUT2D eigenvalue weighted by Gasteiger charge is -2.20. The summed E-state index contributed by atoms with van der Waals surface area (Å²) < 4.78 is 0. The summed E-state index contributed by atoms with van der Waals surface area (Å²) in [5, 5.41) is 5.94. The molecule has 2 atom stereocenters. The first-order valence-electron chi connectivity index (χ1n) is 8.05. The molecular formula is C17H27N3O2. The molecule has 1 rings (SSSR count). The molecule has 122 valence electrons. The summed E-state index contributed by atoms with van der Waals surface area (Å²) in [5.41, 5.74) is 1.04. The summed E-state index contributed by atoms with van der Waals surface area (Å²) in [5.74, 6) is -0.869. The number of hydrogen-bond acceptors (Lipinski definition) is 4. The van der Waals surface area contributed by atoms with Crippen LogP contribution in [0.15, 0.2) is 24.5 Å². The zero-order valence-electron chi connectivity index (χ0n) is 13.8. The van der Waals surface area contributed by atoms with Gasteiger partial charge in [0, 0.05) is 25.0 Å². The van der Waals surface area contributed by atoms with Crippen LogP contribution < -0.4 is 10.6 Å². The van der Waals surface area contributed by atoms with Gasteiger partial charge in [0.2, 0.25) is 5.78 Å². The van der Waals surface area contributed by atoms with Gasteiger partial charge in [0.25, 0.3) is 5.91 Å². The van der Waals surface area contributed by atoms with E-state index in [1.54, 1.807) is 12.4 Å². The minimum atomic E-state index is -0.502. The van der Waals surface area contributed by atoms with E-state index in [-0.39, 0.29) is 11.8 Å². The fraction of sp³-hybridized carbons (Fsp3) is 0.588. The molecule has 0 saturated carbocycles. The molecule has 22 heavy (non-hydrogen) atoms. The molecule has 1 heterocycles. The third kappa shape index (κ3) is 6.35. The highest BCUT2D eigenvalue weighted by Crippen LogP contribution is 2.02. The number of carbonyl (C=O) groups is 2. The number of ketones is 1. The highest BCUT2D eigenvalue weighted by Gasteiger charge is 2.24. The second-order valence-corrected chi connectivity index (χ2v) is 5.55. The summed E-state index contributed by atoms with van der Waals surface area (Å²) in [6, 6.07) is 3.64. The largest absolute Gasteiger partial charge is 0.349 e. The Labute approximate surface area is 132 Å². The van der Waals surface area contributed by atoms with Crippen molar-refractivity contribution in [3.63, 3.8) is 0 Å².